The Morgan fingerprint density at radius 2 is 1.33 bits per heavy atom. The fraction of sp³-hybridized carbons (Fsp3) is 0.923. The van der Waals surface area contributed by atoms with Gasteiger partial charge in [-0.2, -0.15) is 0 Å². The molecular formula is C39H65NO6. The van der Waals surface area contributed by atoms with E-state index in [1.807, 2.05) is 0 Å². The van der Waals surface area contributed by atoms with Gasteiger partial charge in [0.1, 0.15) is 0 Å². The summed E-state index contributed by atoms with van der Waals surface area (Å²) in [4.78, 5) is 37.6. The van der Waals surface area contributed by atoms with Crippen molar-refractivity contribution in [1.82, 2.24) is 5.32 Å². The number of carbonyl (C=O) groups is 3. The number of carbonyl (C=O) groups excluding carboxylic acids is 1. The summed E-state index contributed by atoms with van der Waals surface area (Å²) >= 11 is 0. The molecule has 7 heteroatoms. The molecule has 46 heavy (non-hydrogen) atoms. The van der Waals surface area contributed by atoms with Crippen LogP contribution in [0.2, 0.25) is 0 Å². The average molecular weight is 644 g/mol. The molecule has 5 rings (SSSR count). The predicted molar refractivity (Wildman–Crippen MR) is 180 cm³/mol. The highest BCUT2D eigenvalue weighted by Gasteiger charge is 2.72. The normalized spacial score (nSPS) is 42.7. The standard InChI is InChI=1S/C39H65NO6/c1-35(2)28-18-21-38(5)29(36(28,3)20-19-30(35)41)16-15-27-32-26(33(44)45)17-22-39(32,24-23-37(27,38)4)34(46)40-25-13-11-9-7-6-8-10-12-14-31(42)43/h26-30,32,41H,6-25H2,1-5H3,(H,40,46)(H,42,43)(H,44,45)/t26-,27-,28+,29-,30+,32-,36+,37-,38-,39+/m1/s1. The molecule has 0 aliphatic heterocycles. The molecule has 0 radical (unpaired) electrons. The van der Waals surface area contributed by atoms with Crippen molar-refractivity contribution in [2.75, 3.05) is 6.54 Å². The van der Waals surface area contributed by atoms with Crippen molar-refractivity contribution in [2.24, 2.45) is 56.7 Å². The van der Waals surface area contributed by atoms with Gasteiger partial charge < -0.3 is 20.6 Å². The first-order chi connectivity index (χ1) is 21.6. The Hall–Kier alpha value is -1.63. The number of amides is 1. The second-order valence-corrected chi connectivity index (χ2v) is 17.9. The van der Waals surface area contributed by atoms with Gasteiger partial charge in [0.05, 0.1) is 17.4 Å². The lowest BCUT2D eigenvalue weighted by atomic mass is 9.32. The number of hydrogen-bond donors (Lipinski definition) is 4. The van der Waals surface area contributed by atoms with Crippen LogP contribution in [0.15, 0.2) is 0 Å². The molecule has 7 nitrogen and oxygen atoms in total. The number of nitrogens with one attached hydrogen (secondary N) is 1. The van der Waals surface area contributed by atoms with E-state index in [0.29, 0.717) is 31.2 Å². The Balaban J connectivity index is 1.24. The summed E-state index contributed by atoms with van der Waals surface area (Å²) in [5, 5.41) is 33.6. The van der Waals surface area contributed by atoms with Gasteiger partial charge in [-0.3, -0.25) is 14.4 Å². The summed E-state index contributed by atoms with van der Waals surface area (Å²) < 4.78 is 0. The molecule has 5 fully saturated rings. The number of rotatable bonds is 13. The van der Waals surface area contributed by atoms with Crippen LogP contribution in [-0.4, -0.2) is 45.8 Å². The van der Waals surface area contributed by atoms with Crippen LogP contribution in [0.5, 0.6) is 0 Å². The summed E-state index contributed by atoms with van der Waals surface area (Å²) in [6, 6.07) is 0. The molecule has 0 spiro atoms. The van der Waals surface area contributed by atoms with Crippen molar-refractivity contribution in [3.05, 3.63) is 0 Å². The van der Waals surface area contributed by atoms with Gasteiger partial charge in [-0.15, -0.1) is 0 Å². The van der Waals surface area contributed by atoms with E-state index in [9.17, 15) is 24.6 Å². The maximum Gasteiger partial charge on any atom is 0.306 e. The van der Waals surface area contributed by atoms with E-state index in [2.05, 4.69) is 39.9 Å². The number of hydrogen-bond acceptors (Lipinski definition) is 4. The Labute approximate surface area is 278 Å². The molecule has 0 heterocycles. The van der Waals surface area contributed by atoms with Crippen molar-refractivity contribution < 1.29 is 29.7 Å². The first-order valence-corrected chi connectivity index (χ1v) is 19.1. The average Bonchev–Trinajstić information content (AvgIpc) is 3.39. The van der Waals surface area contributed by atoms with Gasteiger partial charge in [-0.05, 0) is 122 Å². The van der Waals surface area contributed by atoms with Gasteiger partial charge in [0, 0.05) is 13.0 Å². The van der Waals surface area contributed by atoms with E-state index in [0.717, 1.165) is 103 Å². The molecule has 5 saturated carbocycles. The largest absolute Gasteiger partial charge is 0.481 e. The van der Waals surface area contributed by atoms with E-state index in [4.69, 9.17) is 5.11 Å². The third-order valence-corrected chi connectivity index (χ3v) is 15.8. The van der Waals surface area contributed by atoms with Crippen LogP contribution in [0, 0.1) is 56.7 Å². The zero-order valence-electron chi connectivity index (χ0n) is 29.7. The van der Waals surface area contributed by atoms with Crippen LogP contribution < -0.4 is 5.32 Å². The van der Waals surface area contributed by atoms with Gasteiger partial charge in [0.15, 0.2) is 0 Å². The lowest BCUT2D eigenvalue weighted by molar-refractivity contribution is -0.247. The van der Waals surface area contributed by atoms with Crippen LogP contribution in [-0.2, 0) is 14.4 Å². The van der Waals surface area contributed by atoms with E-state index < -0.39 is 23.3 Å². The van der Waals surface area contributed by atoms with Crippen molar-refractivity contribution in [3.63, 3.8) is 0 Å². The zero-order valence-corrected chi connectivity index (χ0v) is 29.7. The van der Waals surface area contributed by atoms with Gasteiger partial charge in [0.2, 0.25) is 5.91 Å². The van der Waals surface area contributed by atoms with Crippen LogP contribution in [0.4, 0.5) is 0 Å². The first-order valence-electron chi connectivity index (χ1n) is 19.1. The fourth-order valence-electron chi connectivity index (χ4n) is 13.1. The minimum absolute atomic E-state index is 0.00418. The Morgan fingerprint density at radius 3 is 1.98 bits per heavy atom. The number of carboxylic acid groups (broad SMARTS) is 2. The van der Waals surface area contributed by atoms with Crippen LogP contribution in [0.25, 0.3) is 0 Å². The number of aliphatic hydroxyl groups is 1. The number of aliphatic carboxylic acids is 2. The third kappa shape index (κ3) is 5.85. The minimum Gasteiger partial charge on any atom is -0.481 e. The Morgan fingerprint density at radius 1 is 0.674 bits per heavy atom. The van der Waals surface area contributed by atoms with Crippen molar-refractivity contribution in [3.8, 4) is 0 Å². The number of aliphatic hydroxyl groups excluding tert-OH is 1. The molecule has 0 aromatic heterocycles. The zero-order chi connectivity index (χ0) is 33.5. The summed E-state index contributed by atoms with van der Waals surface area (Å²) in [5.41, 5.74) is -0.369. The van der Waals surface area contributed by atoms with Gasteiger partial charge in [-0.25, -0.2) is 0 Å². The van der Waals surface area contributed by atoms with E-state index >= 15 is 0 Å². The molecule has 10 atom stereocenters. The molecule has 0 aromatic carbocycles. The quantitative estimate of drug-likeness (QED) is 0.150. The van der Waals surface area contributed by atoms with E-state index in [1.165, 1.54) is 0 Å². The lowest BCUT2D eigenvalue weighted by Gasteiger charge is -2.72. The molecule has 1 amide bonds. The molecule has 4 N–H and O–H groups in total. The highest BCUT2D eigenvalue weighted by atomic mass is 16.4. The molecule has 0 bridgehead atoms. The topological polar surface area (TPSA) is 124 Å². The predicted octanol–water partition coefficient (Wildman–Crippen LogP) is 8.23. The molecule has 5 aliphatic rings. The highest BCUT2D eigenvalue weighted by molar-refractivity contribution is 5.85. The Kier molecular flexibility index (Phi) is 10.4. The van der Waals surface area contributed by atoms with Gasteiger partial charge in [0.25, 0.3) is 0 Å². The molecule has 0 saturated heterocycles. The number of unbranched alkanes of at least 4 members (excludes halogenated alkanes) is 7. The maximum absolute atomic E-state index is 14.2. The fourth-order valence-corrected chi connectivity index (χ4v) is 13.1. The van der Waals surface area contributed by atoms with Crippen LogP contribution >= 0.6 is 0 Å². The van der Waals surface area contributed by atoms with Crippen molar-refractivity contribution in [2.45, 2.75) is 163 Å². The third-order valence-electron chi connectivity index (χ3n) is 15.8. The highest BCUT2D eigenvalue weighted by Crippen LogP contribution is 2.77. The van der Waals surface area contributed by atoms with Crippen LogP contribution in [0.3, 0.4) is 0 Å². The number of carboxylic acids is 2. The smallest absolute Gasteiger partial charge is 0.306 e. The van der Waals surface area contributed by atoms with E-state index in [-0.39, 0.29) is 51.9 Å². The van der Waals surface area contributed by atoms with Gasteiger partial charge in [-0.1, -0.05) is 73.1 Å². The lowest BCUT2D eigenvalue weighted by Crippen LogP contribution is -2.67. The minimum atomic E-state index is -0.713. The second-order valence-electron chi connectivity index (χ2n) is 17.9. The maximum atomic E-state index is 14.2. The first kappa shape index (κ1) is 35.7. The van der Waals surface area contributed by atoms with Crippen molar-refractivity contribution in [1.29, 1.82) is 0 Å². The molecule has 5 aliphatic carbocycles. The van der Waals surface area contributed by atoms with Crippen molar-refractivity contribution >= 4 is 17.8 Å². The summed E-state index contributed by atoms with van der Waals surface area (Å²) in [6.45, 7) is 12.8. The van der Waals surface area contributed by atoms with Gasteiger partial charge >= 0.3 is 11.9 Å². The summed E-state index contributed by atoms with van der Waals surface area (Å²) in [6.07, 6.45) is 17.7. The summed E-state index contributed by atoms with van der Waals surface area (Å²) in [5.74, 6) is -0.546. The van der Waals surface area contributed by atoms with E-state index in [1.54, 1.807) is 0 Å². The monoisotopic (exact) mass is 643 g/mol. The SMILES string of the molecule is CC1(C)[C@@H](O)CC[C@]2(C)[C@H]3CC[C@@H]4[C@H]5[C@H](C(=O)O)CC[C@]5(C(=O)NCCCCCCCCCCC(=O)O)CC[C@@]4(C)[C@]3(C)CC[C@@H]12. The second kappa shape index (κ2) is 13.3. The van der Waals surface area contributed by atoms with Crippen LogP contribution in [0.1, 0.15) is 157 Å². The summed E-state index contributed by atoms with van der Waals surface area (Å²) in [7, 11) is 0. The molecule has 262 valence electrons. The molecule has 0 unspecified atom stereocenters. The number of fused-ring (bicyclic) bond motifs is 7. The molecular weight excluding hydrogens is 578 g/mol. The Bertz CT molecular complexity index is 1140. The molecule has 0 aromatic rings.